The van der Waals surface area contributed by atoms with E-state index in [2.05, 4.69) is 15.0 Å². The van der Waals surface area contributed by atoms with Crippen LogP contribution in [0.5, 0.6) is 0 Å². The molecular weight excluding hydrogens is 248 g/mol. The van der Waals surface area contributed by atoms with Gasteiger partial charge in [-0.3, -0.25) is 4.98 Å². The Morgan fingerprint density at radius 1 is 1.28 bits per heavy atom. The van der Waals surface area contributed by atoms with Gasteiger partial charge in [0.05, 0.1) is 18.1 Å². The average molecular weight is 263 g/mol. The van der Waals surface area contributed by atoms with Gasteiger partial charge in [-0.1, -0.05) is 6.07 Å². The molecule has 2 rings (SSSR count). The Labute approximate surface area is 112 Å². The van der Waals surface area contributed by atoms with Gasteiger partial charge < -0.3 is 4.90 Å². The molecule has 4 nitrogen and oxygen atoms in total. The quantitative estimate of drug-likeness (QED) is 0.794. The van der Waals surface area contributed by atoms with Crippen LogP contribution in [0.15, 0.2) is 30.6 Å². The monoisotopic (exact) mass is 262 g/mol. The maximum Gasteiger partial charge on any atom is 0.225 e. The summed E-state index contributed by atoms with van der Waals surface area (Å²) in [6.07, 6.45) is 3.56. The van der Waals surface area contributed by atoms with Crippen LogP contribution in [-0.4, -0.2) is 22.0 Å². The number of alkyl halides is 1. The molecule has 2 aromatic rings. The zero-order valence-electron chi connectivity index (χ0n) is 10.5. The Bertz CT molecular complexity index is 516. The van der Waals surface area contributed by atoms with Crippen molar-refractivity contribution in [1.29, 1.82) is 0 Å². The zero-order valence-corrected chi connectivity index (χ0v) is 11.2. The largest absolute Gasteiger partial charge is 0.338 e. The molecule has 0 aliphatic rings. The van der Waals surface area contributed by atoms with Crippen LogP contribution in [0.1, 0.15) is 17.0 Å². The van der Waals surface area contributed by atoms with Gasteiger partial charge in [-0.05, 0) is 19.1 Å². The van der Waals surface area contributed by atoms with Crippen LogP contribution in [0.25, 0.3) is 0 Å². The lowest BCUT2D eigenvalue weighted by Gasteiger charge is -2.17. The summed E-state index contributed by atoms with van der Waals surface area (Å²) >= 11 is 5.79. The Morgan fingerprint density at radius 3 is 2.72 bits per heavy atom. The van der Waals surface area contributed by atoms with Crippen molar-refractivity contribution in [2.24, 2.45) is 0 Å². The highest BCUT2D eigenvalue weighted by Crippen LogP contribution is 2.13. The van der Waals surface area contributed by atoms with Crippen molar-refractivity contribution in [2.45, 2.75) is 19.3 Å². The van der Waals surface area contributed by atoms with Gasteiger partial charge in [0.1, 0.15) is 0 Å². The Hall–Kier alpha value is -1.68. The number of anilines is 1. The van der Waals surface area contributed by atoms with Crippen molar-refractivity contribution in [1.82, 2.24) is 15.0 Å². The molecule has 0 aromatic carbocycles. The summed E-state index contributed by atoms with van der Waals surface area (Å²) in [5.41, 5.74) is 2.87. The Morgan fingerprint density at radius 2 is 2.11 bits per heavy atom. The van der Waals surface area contributed by atoms with E-state index in [0.717, 1.165) is 17.0 Å². The molecule has 0 saturated carbocycles. The third-order valence-electron chi connectivity index (χ3n) is 2.68. The first-order chi connectivity index (χ1) is 8.70. The van der Waals surface area contributed by atoms with Crippen molar-refractivity contribution < 1.29 is 0 Å². The zero-order chi connectivity index (χ0) is 13.0. The molecule has 0 amide bonds. The van der Waals surface area contributed by atoms with Crippen LogP contribution < -0.4 is 4.90 Å². The fourth-order valence-corrected chi connectivity index (χ4v) is 1.86. The van der Waals surface area contributed by atoms with E-state index in [1.165, 1.54) is 0 Å². The number of pyridine rings is 1. The van der Waals surface area contributed by atoms with E-state index < -0.39 is 0 Å². The molecule has 0 fully saturated rings. The third-order valence-corrected chi connectivity index (χ3v) is 2.97. The second-order valence-electron chi connectivity index (χ2n) is 4.09. The smallest absolute Gasteiger partial charge is 0.225 e. The number of hydrogen-bond acceptors (Lipinski definition) is 4. The summed E-state index contributed by atoms with van der Waals surface area (Å²) in [7, 11) is 1.95. The van der Waals surface area contributed by atoms with Crippen LogP contribution in [-0.2, 0) is 12.4 Å². The highest BCUT2D eigenvalue weighted by atomic mass is 35.5. The van der Waals surface area contributed by atoms with Crippen molar-refractivity contribution in [3.8, 4) is 0 Å². The molecule has 0 N–H and O–H groups in total. The summed E-state index contributed by atoms with van der Waals surface area (Å²) in [5, 5.41) is 0. The van der Waals surface area contributed by atoms with Crippen LogP contribution in [0.4, 0.5) is 5.95 Å². The molecule has 0 spiro atoms. The van der Waals surface area contributed by atoms with Gasteiger partial charge in [0.2, 0.25) is 5.95 Å². The topological polar surface area (TPSA) is 41.9 Å². The van der Waals surface area contributed by atoms with E-state index in [-0.39, 0.29) is 0 Å². The van der Waals surface area contributed by atoms with E-state index in [0.29, 0.717) is 18.4 Å². The number of aromatic nitrogens is 3. The summed E-state index contributed by atoms with van der Waals surface area (Å²) < 4.78 is 0. The molecule has 0 saturated heterocycles. The van der Waals surface area contributed by atoms with Gasteiger partial charge >= 0.3 is 0 Å². The van der Waals surface area contributed by atoms with E-state index in [9.17, 15) is 0 Å². The summed E-state index contributed by atoms with van der Waals surface area (Å²) in [6.45, 7) is 2.62. The predicted molar refractivity (Wildman–Crippen MR) is 72.7 cm³/mol. The fourth-order valence-electron chi connectivity index (χ4n) is 1.60. The Balaban J connectivity index is 2.14. The van der Waals surface area contributed by atoms with E-state index in [4.69, 9.17) is 11.6 Å². The lowest BCUT2D eigenvalue weighted by Crippen LogP contribution is -2.20. The summed E-state index contributed by atoms with van der Waals surface area (Å²) in [6, 6.07) is 5.86. The molecule has 94 valence electrons. The molecule has 0 unspecified atom stereocenters. The average Bonchev–Trinajstić information content (AvgIpc) is 2.39. The number of hydrogen-bond donors (Lipinski definition) is 0. The standard InChI is InChI=1S/C13H15ClN4/c1-10-11(7-14)8-16-13(17-10)18(2)9-12-5-3-4-6-15-12/h3-6,8H,7,9H2,1-2H3. The van der Waals surface area contributed by atoms with E-state index in [1.807, 2.05) is 37.1 Å². The maximum atomic E-state index is 5.79. The van der Waals surface area contributed by atoms with E-state index in [1.54, 1.807) is 12.4 Å². The first-order valence-corrected chi connectivity index (χ1v) is 6.23. The normalized spacial score (nSPS) is 10.4. The maximum absolute atomic E-state index is 5.79. The van der Waals surface area contributed by atoms with Crippen LogP contribution in [0, 0.1) is 6.92 Å². The molecule has 0 radical (unpaired) electrons. The minimum Gasteiger partial charge on any atom is -0.338 e. The number of rotatable bonds is 4. The molecule has 2 aromatic heterocycles. The third kappa shape index (κ3) is 2.96. The summed E-state index contributed by atoms with van der Waals surface area (Å²) in [4.78, 5) is 15.0. The van der Waals surface area contributed by atoms with Crippen molar-refractivity contribution in [3.63, 3.8) is 0 Å². The van der Waals surface area contributed by atoms with Crippen molar-refractivity contribution in [2.75, 3.05) is 11.9 Å². The van der Waals surface area contributed by atoms with Gasteiger partial charge in [0, 0.05) is 30.7 Å². The van der Waals surface area contributed by atoms with Gasteiger partial charge in [0.25, 0.3) is 0 Å². The van der Waals surface area contributed by atoms with E-state index >= 15 is 0 Å². The SMILES string of the molecule is Cc1nc(N(C)Cc2ccccn2)ncc1CCl. The van der Waals surface area contributed by atoms with Crippen molar-refractivity contribution in [3.05, 3.63) is 47.5 Å². The lowest BCUT2D eigenvalue weighted by molar-refractivity contribution is 0.832. The van der Waals surface area contributed by atoms with Crippen LogP contribution >= 0.6 is 11.6 Å². The van der Waals surface area contributed by atoms with Crippen LogP contribution in [0.3, 0.4) is 0 Å². The molecule has 5 heteroatoms. The fraction of sp³-hybridized carbons (Fsp3) is 0.308. The van der Waals surface area contributed by atoms with Gasteiger partial charge in [-0.25, -0.2) is 9.97 Å². The molecule has 0 bridgehead atoms. The summed E-state index contributed by atoms with van der Waals surface area (Å²) in [5.74, 6) is 1.13. The molecular formula is C13H15ClN4. The first-order valence-electron chi connectivity index (χ1n) is 5.70. The molecule has 0 aliphatic carbocycles. The Kier molecular flexibility index (Phi) is 4.10. The highest BCUT2D eigenvalue weighted by Gasteiger charge is 2.08. The number of halogens is 1. The lowest BCUT2D eigenvalue weighted by atomic mass is 10.3. The first kappa shape index (κ1) is 12.8. The minimum absolute atomic E-state index is 0.441. The second-order valence-corrected chi connectivity index (χ2v) is 4.36. The van der Waals surface area contributed by atoms with Crippen LogP contribution in [0.2, 0.25) is 0 Å². The molecule has 18 heavy (non-hydrogen) atoms. The number of aryl methyl sites for hydroxylation is 1. The van der Waals surface area contributed by atoms with Gasteiger partial charge in [0.15, 0.2) is 0 Å². The number of nitrogens with zero attached hydrogens (tertiary/aromatic N) is 4. The van der Waals surface area contributed by atoms with Gasteiger partial charge in [-0.2, -0.15) is 0 Å². The highest BCUT2D eigenvalue weighted by molar-refractivity contribution is 6.17. The van der Waals surface area contributed by atoms with Crippen molar-refractivity contribution >= 4 is 17.5 Å². The predicted octanol–water partition coefficient (Wildman–Crippen LogP) is 2.56. The molecule has 0 atom stereocenters. The molecule has 2 heterocycles. The van der Waals surface area contributed by atoms with Gasteiger partial charge in [-0.15, -0.1) is 11.6 Å². The minimum atomic E-state index is 0.441. The second kappa shape index (κ2) is 5.78. The molecule has 0 aliphatic heterocycles.